The number of carboxylic acid groups (broad SMARTS) is 1. The van der Waals surface area contributed by atoms with Crippen molar-refractivity contribution in [2.24, 2.45) is 5.92 Å². The highest BCUT2D eigenvalue weighted by Gasteiger charge is 2.35. The minimum atomic E-state index is -4.49. The number of anilines is 1. The van der Waals surface area contributed by atoms with E-state index in [1.54, 1.807) is 6.92 Å². The molecule has 1 N–H and O–H groups in total. The molecule has 0 fully saturated rings. The molecule has 6 heteroatoms. The zero-order chi connectivity index (χ0) is 16.2. The first-order valence-corrected chi connectivity index (χ1v) is 6.41. The summed E-state index contributed by atoms with van der Waals surface area (Å²) in [4.78, 5) is 12.4. The number of alkyl halides is 3. The second kappa shape index (κ2) is 6.65. The molecule has 3 nitrogen and oxygen atoms in total. The Morgan fingerprint density at radius 2 is 1.95 bits per heavy atom. The van der Waals surface area contributed by atoms with Crippen LogP contribution in [0.1, 0.15) is 19.4 Å². The highest BCUT2D eigenvalue weighted by molar-refractivity contribution is 5.71. The summed E-state index contributed by atoms with van der Waals surface area (Å²) in [5, 5.41) is 8.97. The van der Waals surface area contributed by atoms with Gasteiger partial charge in [-0.15, -0.1) is 0 Å². The Hall–Kier alpha value is -1.98. The third-order valence-corrected chi connectivity index (χ3v) is 2.93. The highest BCUT2D eigenvalue weighted by Crippen LogP contribution is 2.36. The molecule has 0 heterocycles. The molecule has 0 bridgehead atoms. The highest BCUT2D eigenvalue weighted by atomic mass is 19.4. The molecule has 1 aromatic rings. The van der Waals surface area contributed by atoms with Gasteiger partial charge >= 0.3 is 12.1 Å². The Kier molecular flexibility index (Phi) is 5.41. The van der Waals surface area contributed by atoms with E-state index in [4.69, 9.17) is 5.11 Å². The van der Waals surface area contributed by atoms with E-state index in [2.05, 4.69) is 6.58 Å². The van der Waals surface area contributed by atoms with Crippen molar-refractivity contribution in [3.05, 3.63) is 42.0 Å². The van der Waals surface area contributed by atoms with Gasteiger partial charge in [-0.25, -0.2) is 0 Å². The van der Waals surface area contributed by atoms with Crippen molar-refractivity contribution < 1.29 is 23.1 Å². The van der Waals surface area contributed by atoms with E-state index in [1.165, 1.54) is 30.0 Å². The van der Waals surface area contributed by atoms with E-state index in [0.717, 1.165) is 6.07 Å². The quantitative estimate of drug-likeness (QED) is 0.812. The standard InChI is InChI=1S/C15H18F3NO2/c1-10(2)8-19(9-11(3)14(20)21)13-7-5-4-6-12(13)15(16,17)18/h4-7,11H,1,8-9H2,2-3H3,(H,20,21). The van der Waals surface area contributed by atoms with Gasteiger partial charge in [-0.05, 0) is 19.1 Å². The molecule has 0 radical (unpaired) electrons. The van der Waals surface area contributed by atoms with Crippen molar-refractivity contribution in [2.45, 2.75) is 20.0 Å². The van der Waals surface area contributed by atoms with E-state index in [9.17, 15) is 18.0 Å². The summed E-state index contributed by atoms with van der Waals surface area (Å²) in [6.45, 7) is 7.00. The zero-order valence-electron chi connectivity index (χ0n) is 11.9. The average molecular weight is 301 g/mol. The van der Waals surface area contributed by atoms with Crippen molar-refractivity contribution in [1.29, 1.82) is 0 Å². The van der Waals surface area contributed by atoms with Crippen molar-refractivity contribution in [2.75, 3.05) is 18.0 Å². The molecule has 116 valence electrons. The smallest absolute Gasteiger partial charge is 0.418 e. The molecule has 1 rings (SSSR count). The van der Waals surface area contributed by atoms with Gasteiger partial charge in [0.2, 0.25) is 0 Å². The van der Waals surface area contributed by atoms with Gasteiger partial charge in [0.25, 0.3) is 0 Å². The van der Waals surface area contributed by atoms with Gasteiger partial charge in [0.15, 0.2) is 0 Å². The molecule has 21 heavy (non-hydrogen) atoms. The largest absolute Gasteiger partial charge is 0.481 e. The van der Waals surface area contributed by atoms with Crippen LogP contribution in [0.15, 0.2) is 36.4 Å². The Balaban J connectivity index is 3.20. The molecule has 0 aliphatic rings. The molecular weight excluding hydrogens is 283 g/mol. The lowest BCUT2D eigenvalue weighted by molar-refractivity contribution is -0.140. The van der Waals surface area contributed by atoms with Crippen LogP contribution in [0.5, 0.6) is 0 Å². The molecule has 1 unspecified atom stereocenters. The predicted molar refractivity (Wildman–Crippen MR) is 75.3 cm³/mol. The molecule has 0 aliphatic carbocycles. The fourth-order valence-corrected chi connectivity index (χ4v) is 1.97. The summed E-state index contributed by atoms with van der Waals surface area (Å²) >= 11 is 0. The van der Waals surface area contributed by atoms with Crippen molar-refractivity contribution in [3.8, 4) is 0 Å². The van der Waals surface area contributed by atoms with Gasteiger partial charge in [0.1, 0.15) is 0 Å². The Bertz CT molecular complexity index is 526. The van der Waals surface area contributed by atoms with Crippen LogP contribution >= 0.6 is 0 Å². The zero-order valence-corrected chi connectivity index (χ0v) is 11.9. The molecule has 0 aliphatic heterocycles. The number of rotatable bonds is 6. The van der Waals surface area contributed by atoms with Crippen LogP contribution in [0.4, 0.5) is 18.9 Å². The van der Waals surface area contributed by atoms with Gasteiger partial charge < -0.3 is 10.0 Å². The lowest BCUT2D eigenvalue weighted by Crippen LogP contribution is -2.34. The number of carboxylic acids is 1. The number of carbonyl (C=O) groups is 1. The predicted octanol–water partition coefficient (Wildman–Crippen LogP) is 3.81. The number of para-hydroxylation sites is 1. The van der Waals surface area contributed by atoms with E-state index in [1.807, 2.05) is 0 Å². The summed E-state index contributed by atoms with van der Waals surface area (Å²) in [6, 6.07) is 5.15. The fourth-order valence-electron chi connectivity index (χ4n) is 1.97. The van der Waals surface area contributed by atoms with Crippen LogP contribution in [0, 0.1) is 5.92 Å². The maximum atomic E-state index is 13.1. The molecule has 1 aromatic carbocycles. The van der Waals surface area contributed by atoms with Crippen LogP contribution < -0.4 is 4.90 Å². The lowest BCUT2D eigenvalue weighted by atomic mass is 10.1. The third-order valence-electron chi connectivity index (χ3n) is 2.93. The molecule has 0 amide bonds. The first-order valence-electron chi connectivity index (χ1n) is 6.41. The monoisotopic (exact) mass is 301 g/mol. The van der Waals surface area contributed by atoms with Crippen LogP contribution in [-0.4, -0.2) is 24.2 Å². The van der Waals surface area contributed by atoms with E-state index >= 15 is 0 Å². The lowest BCUT2D eigenvalue weighted by Gasteiger charge is -2.29. The Morgan fingerprint density at radius 1 is 1.38 bits per heavy atom. The Morgan fingerprint density at radius 3 is 2.43 bits per heavy atom. The van der Waals surface area contributed by atoms with E-state index in [-0.39, 0.29) is 18.8 Å². The van der Waals surface area contributed by atoms with Gasteiger partial charge in [-0.1, -0.05) is 31.2 Å². The van der Waals surface area contributed by atoms with Gasteiger partial charge in [-0.3, -0.25) is 4.79 Å². The van der Waals surface area contributed by atoms with E-state index in [0.29, 0.717) is 5.57 Å². The van der Waals surface area contributed by atoms with Crippen LogP contribution in [0.3, 0.4) is 0 Å². The molecule has 0 spiro atoms. The molecule has 0 aromatic heterocycles. The van der Waals surface area contributed by atoms with Gasteiger partial charge in [0.05, 0.1) is 11.5 Å². The first-order chi connectivity index (χ1) is 9.62. The second-order valence-electron chi connectivity index (χ2n) is 5.09. The van der Waals surface area contributed by atoms with Crippen molar-refractivity contribution >= 4 is 11.7 Å². The van der Waals surface area contributed by atoms with E-state index < -0.39 is 23.6 Å². The maximum Gasteiger partial charge on any atom is 0.418 e. The van der Waals surface area contributed by atoms with Gasteiger partial charge in [-0.2, -0.15) is 13.2 Å². The molecule has 0 saturated carbocycles. The molecule has 1 atom stereocenters. The maximum absolute atomic E-state index is 13.1. The summed E-state index contributed by atoms with van der Waals surface area (Å²) in [5.41, 5.74) is -0.144. The number of nitrogens with zero attached hydrogens (tertiary/aromatic N) is 1. The topological polar surface area (TPSA) is 40.5 Å². The van der Waals surface area contributed by atoms with Crippen molar-refractivity contribution in [3.63, 3.8) is 0 Å². The van der Waals surface area contributed by atoms with Crippen LogP contribution in [0.25, 0.3) is 0 Å². The summed E-state index contributed by atoms with van der Waals surface area (Å²) in [5.74, 6) is -1.84. The normalized spacial score (nSPS) is 12.8. The van der Waals surface area contributed by atoms with Crippen molar-refractivity contribution in [1.82, 2.24) is 0 Å². The molecule has 0 saturated heterocycles. The number of benzene rings is 1. The van der Waals surface area contributed by atoms with Crippen LogP contribution in [0.2, 0.25) is 0 Å². The number of halogens is 3. The van der Waals surface area contributed by atoms with Gasteiger partial charge in [0, 0.05) is 18.8 Å². The minimum absolute atomic E-state index is 0.0186. The Labute approximate surface area is 121 Å². The SMILES string of the molecule is C=C(C)CN(CC(C)C(=O)O)c1ccccc1C(F)(F)F. The average Bonchev–Trinajstić information content (AvgIpc) is 2.36. The third kappa shape index (κ3) is 4.81. The fraction of sp³-hybridized carbons (Fsp3) is 0.400. The summed E-state index contributed by atoms with van der Waals surface area (Å²) < 4.78 is 39.2. The summed E-state index contributed by atoms with van der Waals surface area (Å²) in [6.07, 6.45) is -4.49. The summed E-state index contributed by atoms with van der Waals surface area (Å²) in [7, 11) is 0. The van der Waals surface area contributed by atoms with Crippen LogP contribution in [-0.2, 0) is 11.0 Å². The second-order valence-corrected chi connectivity index (χ2v) is 5.09. The minimum Gasteiger partial charge on any atom is -0.481 e. The first kappa shape index (κ1) is 17.1. The number of aliphatic carboxylic acids is 1. The number of hydrogen-bond donors (Lipinski definition) is 1. The number of hydrogen-bond acceptors (Lipinski definition) is 2. The molecular formula is C15H18F3NO2.